The fraction of sp³-hybridized carbons (Fsp3) is 0.417. The fourth-order valence-corrected chi connectivity index (χ4v) is 2.10. The van der Waals surface area contributed by atoms with E-state index in [4.69, 9.17) is 5.11 Å². The zero-order valence-electron chi connectivity index (χ0n) is 10.7. The number of carboxylic acid groups (broad SMARTS) is 1. The molecule has 1 aromatic rings. The molecular formula is C12H12F3N3O3. The molecule has 114 valence electrons. The van der Waals surface area contributed by atoms with E-state index in [1.54, 1.807) is 0 Å². The first kappa shape index (κ1) is 15.1. The van der Waals surface area contributed by atoms with Crippen LogP contribution in [0.3, 0.4) is 0 Å². The van der Waals surface area contributed by atoms with Crippen LogP contribution in [-0.4, -0.2) is 39.6 Å². The van der Waals surface area contributed by atoms with Crippen molar-refractivity contribution in [1.29, 1.82) is 0 Å². The first-order valence-electron chi connectivity index (χ1n) is 6.12. The Morgan fingerprint density at radius 3 is 2.62 bits per heavy atom. The molecule has 1 fully saturated rings. The summed E-state index contributed by atoms with van der Waals surface area (Å²) in [4.78, 5) is 27.2. The first-order valence-corrected chi connectivity index (χ1v) is 6.12. The van der Waals surface area contributed by atoms with Crippen LogP contribution in [0.1, 0.15) is 18.5 Å². The number of alkyl halides is 3. The van der Waals surface area contributed by atoms with E-state index >= 15 is 0 Å². The van der Waals surface area contributed by atoms with Crippen LogP contribution < -0.4 is 5.32 Å². The van der Waals surface area contributed by atoms with Gasteiger partial charge in [0.25, 0.3) is 0 Å². The molecule has 9 heteroatoms. The molecule has 2 amide bonds. The molecule has 2 heterocycles. The lowest BCUT2D eigenvalue weighted by molar-refractivity contribution is -0.142. The van der Waals surface area contributed by atoms with E-state index in [1.807, 2.05) is 0 Å². The predicted molar refractivity (Wildman–Crippen MR) is 65.6 cm³/mol. The van der Waals surface area contributed by atoms with E-state index in [-0.39, 0.29) is 12.2 Å². The van der Waals surface area contributed by atoms with E-state index in [2.05, 4.69) is 10.3 Å². The molecule has 2 N–H and O–H groups in total. The number of likely N-dealkylation sites (tertiary alicyclic amines) is 1. The first-order chi connectivity index (χ1) is 9.79. The number of halogens is 3. The number of carbonyl (C=O) groups is 2. The summed E-state index contributed by atoms with van der Waals surface area (Å²) in [6.45, 7) is 0.289. The summed E-state index contributed by atoms with van der Waals surface area (Å²) < 4.78 is 37.0. The van der Waals surface area contributed by atoms with Crippen LogP contribution in [0, 0.1) is 0 Å². The van der Waals surface area contributed by atoms with E-state index in [1.165, 1.54) is 0 Å². The number of nitrogens with one attached hydrogen (secondary N) is 1. The average Bonchev–Trinajstić information content (AvgIpc) is 2.87. The maximum atomic E-state index is 12.3. The zero-order valence-corrected chi connectivity index (χ0v) is 10.7. The van der Waals surface area contributed by atoms with Crippen LogP contribution >= 0.6 is 0 Å². The molecule has 0 saturated carbocycles. The standard InChI is InChI=1S/C12H12F3N3O3/c13-12(14,15)9-4-3-7(6-16-9)17-11(21)18-5-1-2-8(18)10(19)20/h3-4,6,8H,1-2,5H2,(H,17,21)(H,19,20)/t8-/m0/s1. The Morgan fingerprint density at radius 2 is 2.10 bits per heavy atom. The summed E-state index contributed by atoms with van der Waals surface area (Å²) in [6.07, 6.45) is -2.75. The largest absolute Gasteiger partial charge is 0.480 e. The smallest absolute Gasteiger partial charge is 0.433 e. The monoisotopic (exact) mass is 303 g/mol. The second-order valence-electron chi connectivity index (χ2n) is 4.55. The summed E-state index contributed by atoms with van der Waals surface area (Å²) in [6, 6.07) is 0.238. The van der Waals surface area contributed by atoms with E-state index in [9.17, 15) is 22.8 Å². The van der Waals surface area contributed by atoms with Crippen LogP contribution in [0.2, 0.25) is 0 Å². The van der Waals surface area contributed by atoms with Gasteiger partial charge in [0.05, 0.1) is 11.9 Å². The summed E-state index contributed by atoms with van der Waals surface area (Å²) in [7, 11) is 0. The Kier molecular flexibility index (Phi) is 4.01. The summed E-state index contributed by atoms with van der Waals surface area (Å²) >= 11 is 0. The van der Waals surface area contributed by atoms with Crippen molar-refractivity contribution in [1.82, 2.24) is 9.88 Å². The number of hydrogen-bond acceptors (Lipinski definition) is 3. The second kappa shape index (κ2) is 5.58. The number of anilines is 1. The van der Waals surface area contributed by atoms with Gasteiger partial charge in [-0.15, -0.1) is 0 Å². The Bertz CT molecular complexity index is 545. The van der Waals surface area contributed by atoms with Gasteiger partial charge in [0, 0.05) is 6.54 Å². The molecule has 0 unspecified atom stereocenters. The molecule has 21 heavy (non-hydrogen) atoms. The number of hydrogen-bond donors (Lipinski definition) is 2. The molecule has 6 nitrogen and oxygen atoms in total. The summed E-state index contributed by atoms with van der Waals surface area (Å²) in [5.74, 6) is -1.10. The highest BCUT2D eigenvalue weighted by Crippen LogP contribution is 2.28. The van der Waals surface area contributed by atoms with E-state index in [0.717, 1.165) is 23.2 Å². The number of aromatic nitrogens is 1. The van der Waals surface area contributed by atoms with Crippen LogP contribution in [-0.2, 0) is 11.0 Å². The molecule has 1 aliphatic heterocycles. The van der Waals surface area contributed by atoms with Gasteiger partial charge in [-0.25, -0.2) is 14.6 Å². The number of nitrogens with zero attached hydrogens (tertiary/aromatic N) is 2. The topological polar surface area (TPSA) is 82.5 Å². The van der Waals surface area contributed by atoms with Gasteiger partial charge in [0.2, 0.25) is 0 Å². The van der Waals surface area contributed by atoms with Gasteiger partial charge in [-0.2, -0.15) is 13.2 Å². The zero-order chi connectivity index (χ0) is 15.6. The molecule has 0 aliphatic carbocycles. The number of rotatable bonds is 2. The fourth-order valence-electron chi connectivity index (χ4n) is 2.10. The minimum Gasteiger partial charge on any atom is -0.480 e. The molecule has 0 spiro atoms. The van der Waals surface area contributed by atoms with Crippen molar-refractivity contribution in [2.24, 2.45) is 0 Å². The average molecular weight is 303 g/mol. The number of amides is 2. The van der Waals surface area contributed by atoms with Crippen molar-refractivity contribution >= 4 is 17.7 Å². The Morgan fingerprint density at radius 1 is 1.38 bits per heavy atom. The van der Waals surface area contributed by atoms with Crippen molar-refractivity contribution in [2.45, 2.75) is 25.1 Å². The third-order valence-electron chi connectivity index (χ3n) is 3.10. The van der Waals surface area contributed by atoms with Gasteiger partial charge in [0.15, 0.2) is 0 Å². The molecule has 0 bridgehead atoms. The highest BCUT2D eigenvalue weighted by Gasteiger charge is 2.34. The quantitative estimate of drug-likeness (QED) is 0.877. The van der Waals surface area contributed by atoms with Gasteiger partial charge in [-0.1, -0.05) is 0 Å². The normalized spacial score (nSPS) is 18.6. The van der Waals surface area contributed by atoms with Gasteiger partial charge in [-0.05, 0) is 25.0 Å². The SMILES string of the molecule is O=C(O)[C@@H]1CCCN1C(=O)Nc1ccc(C(F)(F)F)nc1. The van der Waals surface area contributed by atoms with Crippen molar-refractivity contribution < 1.29 is 27.9 Å². The van der Waals surface area contributed by atoms with Crippen molar-refractivity contribution in [2.75, 3.05) is 11.9 Å². The lowest BCUT2D eigenvalue weighted by Gasteiger charge is -2.21. The van der Waals surface area contributed by atoms with Crippen LogP contribution in [0.25, 0.3) is 0 Å². The number of pyridine rings is 1. The maximum absolute atomic E-state index is 12.3. The number of carboxylic acids is 1. The van der Waals surface area contributed by atoms with Crippen molar-refractivity contribution in [3.63, 3.8) is 0 Å². The highest BCUT2D eigenvalue weighted by atomic mass is 19.4. The molecule has 1 atom stereocenters. The van der Waals surface area contributed by atoms with Gasteiger partial charge in [0.1, 0.15) is 11.7 Å². The second-order valence-corrected chi connectivity index (χ2v) is 4.55. The van der Waals surface area contributed by atoms with E-state index in [0.29, 0.717) is 12.8 Å². The lowest BCUT2D eigenvalue weighted by Crippen LogP contribution is -2.42. The molecule has 0 aromatic carbocycles. The van der Waals surface area contributed by atoms with Crippen molar-refractivity contribution in [3.05, 3.63) is 24.0 Å². The van der Waals surface area contributed by atoms with Gasteiger partial charge >= 0.3 is 18.2 Å². The van der Waals surface area contributed by atoms with Crippen molar-refractivity contribution in [3.8, 4) is 0 Å². The Balaban J connectivity index is 2.04. The highest BCUT2D eigenvalue weighted by molar-refractivity contribution is 5.92. The molecule has 1 aliphatic rings. The lowest BCUT2D eigenvalue weighted by atomic mass is 10.2. The third kappa shape index (κ3) is 3.41. The van der Waals surface area contributed by atoms with Crippen LogP contribution in [0.4, 0.5) is 23.7 Å². The minimum atomic E-state index is -4.55. The molecular weight excluding hydrogens is 291 g/mol. The Labute approximate surface area is 117 Å². The molecule has 2 rings (SSSR count). The van der Waals surface area contributed by atoms with Gasteiger partial charge in [-0.3, -0.25) is 0 Å². The van der Waals surface area contributed by atoms with Crippen LogP contribution in [0.5, 0.6) is 0 Å². The maximum Gasteiger partial charge on any atom is 0.433 e. The molecule has 1 saturated heterocycles. The summed E-state index contributed by atoms with van der Waals surface area (Å²) in [5.41, 5.74) is -0.992. The molecule has 1 aromatic heterocycles. The number of urea groups is 1. The predicted octanol–water partition coefficient (Wildman–Crippen LogP) is 2.18. The third-order valence-corrected chi connectivity index (χ3v) is 3.10. The number of carbonyl (C=O) groups excluding carboxylic acids is 1. The Hall–Kier alpha value is -2.32. The van der Waals surface area contributed by atoms with Crippen LogP contribution in [0.15, 0.2) is 18.3 Å². The summed E-state index contributed by atoms with van der Waals surface area (Å²) in [5, 5.41) is 11.3. The molecule has 0 radical (unpaired) electrons. The van der Waals surface area contributed by atoms with Gasteiger partial charge < -0.3 is 15.3 Å². The van der Waals surface area contributed by atoms with E-state index < -0.39 is 29.9 Å². The minimum absolute atomic E-state index is 0.0732. The number of aliphatic carboxylic acids is 1.